The molecule has 1 saturated heterocycles. The van der Waals surface area contributed by atoms with Gasteiger partial charge in [-0.25, -0.2) is 0 Å². The lowest BCUT2D eigenvalue weighted by Crippen LogP contribution is -2.34. The third-order valence-corrected chi connectivity index (χ3v) is 4.13. The SMILES string of the molecule is CC1OC(O)CC1(c1ccccc1)c1ccccc1. The zero-order valence-electron chi connectivity index (χ0n) is 11.0. The first-order valence-corrected chi connectivity index (χ1v) is 6.68. The molecule has 0 radical (unpaired) electrons. The summed E-state index contributed by atoms with van der Waals surface area (Å²) in [5.74, 6) is 0. The van der Waals surface area contributed by atoms with E-state index in [-0.39, 0.29) is 11.5 Å². The van der Waals surface area contributed by atoms with Crippen LogP contribution in [0.3, 0.4) is 0 Å². The third-order valence-electron chi connectivity index (χ3n) is 4.13. The fraction of sp³-hybridized carbons (Fsp3) is 0.294. The number of hydrogen-bond acceptors (Lipinski definition) is 2. The molecule has 2 atom stereocenters. The molecule has 1 aliphatic heterocycles. The maximum atomic E-state index is 9.94. The molecular weight excluding hydrogens is 236 g/mol. The van der Waals surface area contributed by atoms with Crippen molar-refractivity contribution < 1.29 is 9.84 Å². The molecule has 19 heavy (non-hydrogen) atoms. The van der Waals surface area contributed by atoms with Gasteiger partial charge >= 0.3 is 0 Å². The van der Waals surface area contributed by atoms with E-state index in [2.05, 4.69) is 24.3 Å². The van der Waals surface area contributed by atoms with Crippen LogP contribution >= 0.6 is 0 Å². The summed E-state index contributed by atoms with van der Waals surface area (Å²) in [6.45, 7) is 2.04. The van der Waals surface area contributed by atoms with E-state index in [9.17, 15) is 5.11 Å². The van der Waals surface area contributed by atoms with Gasteiger partial charge in [-0.05, 0) is 18.1 Å². The number of aliphatic hydroxyl groups is 1. The first-order chi connectivity index (χ1) is 9.23. The maximum absolute atomic E-state index is 9.94. The van der Waals surface area contributed by atoms with Crippen molar-refractivity contribution >= 4 is 0 Å². The topological polar surface area (TPSA) is 29.5 Å². The van der Waals surface area contributed by atoms with E-state index in [1.807, 2.05) is 43.3 Å². The number of aliphatic hydroxyl groups excluding tert-OH is 1. The van der Waals surface area contributed by atoms with E-state index in [0.29, 0.717) is 6.42 Å². The van der Waals surface area contributed by atoms with Crippen LogP contribution in [0.5, 0.6) is 0 Å². The first-order valence-electron chi connectivity index (χ1n) is 6.68. The molecule has 2 aromatic rings. The van der Waals surface area contributed by atoms with Crippen molar-refractivity contribution in [3.63, 3.8) is 0 Å². The molecule has 2 unspecified atom stereocenters. The van der Waals surface area contributed by atoms with Crippen LogP contribution < -0.4 is 0 Å². The van der Waals surface area contributed by atoms with Gasteiger partial charge in [-0.1, -0.05) is 60.7 Å². The summed E-state index contributed by atoms with van der Waals surface area (Å²) >= 11 is 0. The normalized spacial score (nSPS) is 25.4. The van der Waals surface area contributed by atoms with Gasteiger partial charge in [-0.2, -0.15) is 0 Å². The summed E-state index contributed by atoms with van der Waals surface area (Å²) < 4.78 is 5.64. The number of hydrogen-bond donors (Lipinski definition) is 1. The third kappa shape index (κ3) is 1.97. The van der Waals surface area contributed by atoms with Crippen LogP contribution in [0.4, 0.5) is 0 Å². The molecule has 2 nitrogen and oxygen atoms in total. The molecule has 1 heterocycles. The Kier molecular flexibility index (Phi) is 3.13. The van der Waals surface area contributed by atoms with Gasteiger partial charge in [0.2, 0.25) is 0 Å². The Balaban J connectivity index is 2.17. The van der Waals surface area contributed by atoms with Crippen molar-refractivity contribution in [3.05, 3.63) is 71.8 Å². The van der Waals surface area contributed by atoms with E-state index >= 15 is 0 Å². The van der Waals surface area contributed by atoms with Gasteiger partial charge in [0, 0.05) is 6.42 Å². The monoisotopic (exact) mass is 254 g/mol. The van der Waals surface area contributed by atoms with Gasteiger partial charge < -0.3 is 9.84 Å². The van der Waals surface area contributed by atoms with Gasteiger partial charge in [0.05, 0.1) is 11.5 Å². The van der Waals surface area contributed by atoms with Crippen LogP contribution in [-0.2, 0) is 10.2 Å². The van der Waals surface area contributed by atoms with E-state index < -0.39 is 6.29 Å². The van der Waals surface area contributed by atoms with Gasteiger partial charge in [0.25, 0.3) is 0 Å². The van der Waals surface area contributed by atoms with E-state index in [1.165, 1.54) is 11.1 Å². The van der Waals surface area contributed by atoms with Crippen molar-refractivity contribution in [2.75, 3.05) is 0 Å². The highest BCUT2D eigenvalue weighted by Crippen LogP contribution is 2.45. The summed E-state index contributed by atoms with van der Waals surface area (Å²) in [6.07, 6.45) is -0.148. The standard InChI is InChI=1S/C17H18O2/c1-13-17(12-16(18)19-13,14-8-4-2-5-9-14)15-10-6-3-7-11-15/h2-11,13,16,18H,12H2,1H3. The average molecular weight is 254 g/mol. The molecule has 2 heteroatoms. The van der Waals surface area contributed by atoms with Crippen LogP contribution in [0.25, 0.3) is 0 Å². The van der Waals surface area contributed by atoms with Crippen LogP contribution in [0.2, 0.25) is 0 Å². The Hall–Kier alpha value is -1.64. The minimum absolute atomic E-state index is 0.0488. The lowest BCUT2D eigenvalue weighted by Gasteiger charge is -2.33. The Morgan fingerprint density at radius 1 is 0.947 bits per heavy atom. The molecule has 1 N–H and O–H groups in total. The van der Waals surface area contributed by atoms with E-state index in [1.54, 1.807) is 0 Å². The van der Waals surface area contributed by atoms with Gasteiger partial charge in [-0.3, -0.25) is 0 Å². The van der Waals surface area contributed by atoms with Crippen LogP contribution in [0.15, 0.2) is 60.7 Å². The minimum atomic E-state index is -0.699. The van der Waals surface area contributed by atoms with Gasteiger partial charge in [-0.15, -0.1) is 0 Å². The van der Waals surface area contributed by atoms with E-state index in [4.69, 9.17) is 4.74 Å². The smallest absolute Gasteiger partial charge is 0.156 e. The summed E-state index contributed by atoms with van der Waals surface area (Å²) in [5, 5.41) is 9.94. The number of ether oxygens (including phenoxy) is 1. The second-order valence-corrected chi connectivity index (χ2v) is 5.14. The van der Waals surface area contributed by atoms with Crippen molar-refractivity contribution in [3.8, 4) is 0 Å². The summed E-state index contributed by atoms with van der Waals surface area (Å²) in [4.78, 5) is 0. The highest BCUT2D eigenvalue weighted by molar-refractivity contribution is 5.42. The fourth-order valence-electron chi connectivity index (χ4n) is 3.18. The molecule has 1 aliphatic rings. The molecule has 0 saturated carbocycles. The van der Waals surface area contributed by atoms with Crippen LogP contribution in [0, 0.1) is 0 Å². The Bertz CT molecular complexity index is 496. The lowest BCUT2D eigenvalue weighted by molar-refractivity contribution is -0.0867. The highest BCUT2D eigenvalue weighted by atomic mass is 16.6. The Labute approximate surface area is 113 Å². The molecule has 1 fully saturated rings. The summed E-state index contributed by atoms with van der Waals surface area (Å²) in [6, 6.07) is 20.6. The second-order valence-electron chi connectivity index (χ2n) is 5.14. The predicted octanol–water partition coefficient (Wildman–Crippen LogP) is 3.10. The van der Waals surface area contributed by atoms with Crippen molar-refractivity contribution in [2.45, 2.75) is 31.2 Å². The summed E-state index contributed by atoms with van der Waals surface area (Å²) in [5.41, 5.74) is 2.14. The molecular formula is C17H18O2. The van der Waals surface area contributed by atoms with Crippen LogP contribution in [-0.4, -0.2) is 17.5 Å². The summed E-state index contributed by atoms with van der Waals surface area (Å²) in [7, 11) is 0. The fourth-order valence-corrected chi connectivity index (χ4v) is 3.18. The van der Waals surface area contributed by atoms with Gasteiger partial charge in [0.15, 0.2) is 6.29 Å². The molecule has 3 rings (SSSR count). The van der Waals surface area contributed by atoms with E-state index in [0.717, 1.165) is 0 Å². The second kappa shape index (κ2) is 4.80. The lowest BCUT2D eigenvalue weighted by atomic mass is 9.70. The Morgan fingerprint density at radius 2 is 1.42 bits per heavy atom. The van der Waals surface area contributed by atoms with Crippen molar-refractivity contribution in [2.24, 2.45) is 0 Å². The molecule has 0 amide bonds. The van der Waals surface area contributed by atoms with Crippen LogP contribution in [0.1, 0.15) is 24.5 Å². The quantitative estimate of drug-likeness (QED) is 0.892. The zero-order valence-corrected chi connectivity index (χ0v) is 11.0. The molecule has 2 aromatic carbocycles. The predicted molar refractivity (Wildman–Crippen MR) is 74.8 cm³/mol. The largest absolute Gasteiger partial charge is 0.368 e. The maximum Gasteiger partial charge on any atom is 0.156 e. The first kappa shape index (κ1) is 12.4. The molecule has 0 bridgehead atoms. The van der Waals surface area contributed by atoms with Crippen molar-refractivity contribution in [1.82, 2.24) is 0 Å². The highest BCUT2D eigenvalue weighted by Gasteiger charge is 2.48. The zero-order chi connectivity index (χ0) is 13.3. The minimum Gasteiger partial charge on any atom is -0.368 e. The van der Waals surface area contributed by atoms with Gasteiger partial charge in [0.1, 0.15) is 0 Å². The average Bonchev–Trinajstić information content (AvgIpc) is 2.76. The Morgan fingerprint density at radius 3 is 1.79 bits per heavy atom. The van der Waals surface area contributed by atoms with Crippen molar-refractivity contribution in [1.29, 1.82) is 0 Å². The molecule has 0 spiro atoms. The number of rotatable bonds is 2. The number of benzene rings is 2. The molecule has 98 valence electrons. The molecule has 0 aromatic heterocycles. The molecule has 0 aliphatic carbocycles.